The molecule has 0 aromatic heterocycles. The Morgan fingerprint density at radius 1 is 1.29 bits per heavy atom. The van der Waals surface area contributed by atoms with Gasteiger partial charge in [0.2, 0.25) is 0 Å². The zero-order chi connectivity index (χ0) is 12.3. The second-order valence-electron chi connectivity index (χ2n) is 4.39. The maximum atomic E-state index is 9.85. The highest BCUT2D eigenvalue weighted by atomic mass is 79.9. The standard InChI is InChI=1S/C14H17BrO2/c1-17-12-6-7-14(16)11(9-12)8-10-4-2-3-5-13(10)15/h6-7,9,16H,2-5,8H2,1H3. The molecular weight excluding hydrogens is 280 g/mol. The van der Waals surface area contributed by atoms with E-state index >= 15 is 0 Å². The summed E-state index contributed by atoms with van der Waals surface area (Å²) in [6, 6.07) is 5.39. The Hall–Kier alpha value is -0.960. The number of aromatic hydroxyl groups is 1. The van der Waals surface area contributed by atoms with E-state index in [0.29, 0.717) is 5.75 Å². The molecule has 2 nitrogen and oxygen atoms in total. The molecule has 0 radical (unpaired) electrons. The van der Waals surface area contributed by atoms with E-state index in [4.69, 9.17) is 4.74 Å². The summed E-state index contributed by atoms with van der Waals surface area (Å²) in [7, 11) is 1.64. The van der Waals surface area contributed by atoms with Gasteiger partial charge < -0.3 is 9.84 Å². The van der Waals surface area contributed by atoms with Crippen LogP contribution in [-0.2, 0) is 6.42 Å². The van der Waals surface area contributed by atoms with E-state index in [9.17, 15) is 5.11 Å². The average Bonchev–Trinajstić information content (AvgIpc) is 2.35. The van der Waals surface area contributed by atoms with Crippen LogP contribution in [0.1, 0.15) is 31.2 Å². The Morgan fingerprint density at radius 3 is 2.76 bits per heavy atom. The summed E-state index contributed by atoms with van der Waals surface area (Å²) in [6.07, 6.45) is 5.56. The van der Waals surface area contributed by atoms with Crippen LogP contribution in [-0.4, -0.2) is 12.2 Å². The molecule has 0 spiro atoms. The van der Waals surface area contributed by atoms with Gasteiger partial charge in [0, 0.05) is 5.56 Å². The lowest BCUT2D eigenvalue weighted by Crippen LogP contribution is -2.00. The minimum Gasteiger partial charge on any atom is -0.508 e. The van der Waals surface area contributed by atoms with Crippen LogP contribution < -0.4 is 4.74 Å². The van der Waals surface area contributed by atoms with E-state index in [1.165, 1.54) is 22.9 Å². The minimum absolute atomic E-state index is 0.351. The highest BCUT2D eigenvalue weighted by Crippen LogP contribution is 2.33. The smallest absolute Gasteiger partial charge is 0.119 e. The van der Waals surface area contributed by atoms with E-state index in [0.717, 1.165) is 30.6 Å². The van der Waals surface area contributed by atoms with E-state index in [1.807, 2.05) is 6.07 Å². The number of hydrogen-bond donors (Lipinski definition) is 1. The van der Waals surface area contributed by atoms with Crippen molar-refractivity contribution in [2.75, 3.05) is 7.11 Å². The van der Waals surface area contributed by atoms with Crippen molar-refractivity contribution in [2.45, 2.75) is 32.1 Å². The van der Waals surface area contributed by atoms with Crippen LogP contribution in [0.4, 0.5) is 0 Å². The van der Waals surface area contributed by atoms with Gasteiger partial charge in [-0.1, -0.05) is 21.5 Å². The van der Waals surface area contributed by atoms with Crippen molar-refractivity contribution in [3.63, 3.8) is 0 Å². The van der Waals surface area contributed by atoms with Crippen molar-refractivity contribution >= 4 is 15.9 Å². The molecule has 92 valence electrons. The third-order valence-corrected chi connectivity index (χ3v) is 4.16. The first-order valence-corrected chi connectivity index (χ1v) is 6.72. The number of methoxy groups -OCH3 is 1. The van der Waals surface area contributed by atoms with Gasteiger partial charge in [-0.3, -0.25) is 0 Å². The maximum Gasteiger partial charge on any atom is 0.119 e. The van der Waals surface area contributed by atoms with E-state index < -0.39 is 0 Å². The minimum atomic E-state index is 0.351. The second kappa shape index (κ2) is 5.58. The summed E-state index contributed by atoms with van der Waals surface area (Å²) in [5.41, 5.74) is 2.35. The third-order valence-electron chi connectivity index (χ3n) is 3.20. The van der Waals surface area contributed by atoms with Crippen molar-refractivity contribution < 1.29 is 9.84 Å². The van der Waals surface area contributed by atoms with Crippen molar-refractivity contribution in [3.8, 4) is 11.5 Å². The SMILES string of the molecule is COc1ccc(O)c(CC2=C(Br)CCCC2)c1. The van der Waals surface area contributed by atoms with Crippen LogP contribution in [0.15, 0.2) is 28.3 Å². The monoisotopic (exact) mass is 296 g/mol. The maximum absolute atomic E-state index is 9.85. The number of phenolic OH excluding ortho intramolecular Hbond substituents is 1. The predicted octanol–water partition coefficient (Wildman–Crippen LogP) is 4.17. The molecule has 0 bridgehead atoms. The molecule has 1 aromatic rings. The Labute approximate surface area is 110 Å². The molecule has 1 aliphatic carbocycles. The largest absolute Gasteiger partial charge is 0.508 e. The van der Waals surface area contributed by atoms with Crippen LogP contribution in [0.3, 0.4) is 0 Å². The van der Waals surface area contributed by atoms with Gasteiger partial charge in [-0.15, -0.1) is 0 Å². The lowest BCUT2D eigenvalue weighted by molar-refractivity contribution is 0.411. The number of benzene rings is 1. The number of halogens is 1. The van der Waals surface area contributed by atoms with Gasteiger partial charge in [-0.25, -0.2) is 0 Å². The topological polar surface area (TPSA) is 29.5 Å². The molecule has 1 aliphatic rings. The Bertz CT molecular complexity index is 438. The lowest BCUT2D eigenvalue weighted by atomic mass is 9.93. The molecule has 0 saturated heterocycles. The van der Waals surface area contributed by atoms with Gasteiger partial charge in [0.15, 0.2) is 0 Å². The first-order valence-electron chi connectivity index (χ1n) is 5.93. The fraction of sp³-hybridized carbons (Fsp3) is 0.429. The number of rotatable bonds is 3. The van der Waals surface area contributed by atoms with Crippen molar-refractivity contribution in [1.82, 2.24) is 0 Å². The van der Waals surface area contributed by atoms with E-state index in [1.54, 1.807) is 19.2 Å². The quantitative estimate of drug-likeness (QED) is 0.907. The number of allylic oxidation sites excluding steroid dienone is 2. The Balaban J connectivity index is 2.23. The fourth-order valence-electron chi connectivity index (χ4n) is 2.18. The zero-order valence-electron chi connectivity index (χ0n) is 10.0. The molecule has 2 rings (SSSR count). The number of hydrogen-bond acceptors (Lipinski definition) is 2. The molecule has 1 aromatic carbocycles. The lowest BCUT2D eigenvalue weighted by Gasteiger charge is -2.17. The van der Waals surface area contributed by atoms with Gasteiger partial charge in [-0.05, 0) is 54.8 Å². The van der Waals surface area contributed by atoms with Gasteiger partial charge >= 0.3 is 0 Å². The molecule has 0 unspecified atom stereocenters. The first-order chi connectivity index (χ1) is 8.20. The van der Waals surface area contributed by atoms with Crippen molar-refractivity contribution in [2.24, 2.45) is 0 Å². The summed E-state index contributed by atoms with van der Waals surface area (Å²) in [4.78, 5) is 0. The molecule has 0 amide bonds. The van der Waals surface area contributed by atoms with E-state index in [2.05, 4.69) is 15.9 Å². The van der Waals surface area contributed by atoms with Crippen molar-refractivity contribution in [3.05, 3.63) is 33.8 Å². The number of phenols is 1. The molecule has 3 heteroatoms. The summed E-state index contributed by atoms with van der Waals surface area (Å²) in [5, 5.41) is 9.85. The fourth-order valence-corrected chi connectivity index (χ4v) is 2.79. The molecule has 17 heavy (non-hydrogen) atoms. The summed E-state index contributed by atoms with van der Waals surface area (Å²) >= 11 is 3.64. The van der Waals surface area contributed by atoms with Crippen LogP contribution >= 0.6 is 15.9 Å². The van der Waals surface area contributed by atoms with Crippen LogP contribution in [0.5, 0.6) is 11.5 Å². The molecule has 0 heterocycles. The van der Waals surface area contributed by atoms with Gasteiger partial charge in [0.25, 0.3) is 0 Å². The summed E-state index contributed by atoms with van der Waals surface area (Å²) in [5.74, 6) is 1.15. The highest BCUT2D eigenvalue weighted by molar-refractivity contribution is 9.11. The predicted molar refractivity (Wildman–Crippen MR) is 72.8 cm³/mol. The van der Waals surface area contributed by atoms with Gasteiger partial charge in [-0.2, -0.15) is 0 Å². The molecule has 1 N–H and O–H groups in total. The zero-order valence-corrected chi connectivity index (χ0v) is 11.6. The van der Waals surface area contributed by atoms with Gasteiger partial charge in [0.1, 0.15) is 11.5 Å². The van der Waals surface area contributed by atoms with Gasteiger partial charge in [0.05, 0.1) is 7.11 Å². The molecule has 0 fully saturated rings. The summed E-state index contributed by atoms with van der Waals surface area (Å²) in [6.45, 7) is 0. The normalized spacial score (nSPS) is 16.1. The van der Waals surface area contributed by atoms with Crippen molar-refractivity contribution in [1.29, 1.82) is 0 Å². The first kappa shape index (κ1) is 12.5. The summed E-state index contributed by atoms with van der Waals surface area (Å²) < 4.78 is 6.50. The highest BCUT2D eigenvalue weighted by Gasteiger charge is 2.13. The van der Waals surface area contributed by atoms with Crippen LogP contribution in [0.25, 0.3) is 0 Å². The molecular formula is C14H17BrO2. The average molecular weight is 297 g/mol. The Kier molecular flexibility index (Phi) is 4.11. The number of ether oxygens (including phenoxy) is 1. The third kappa shape index (κ3) is 3.03. The molecule has 0 aliphatic heterocycles. The molecule has 0 atom stereocenters. The molecule has 0 saturated carbocycles. The van der Waals surface area contributed by atoms with Crippen LogP contribution in [0.2, 0.25) is 0 Å². The van der Waals surface area contributed by atoms with Crippen LogP contribution in [0, 0.1) is 0 Å². The Morgan fingerprint density at radius 2 is 2.06 bits per heavy atom. The second-order valence-corrected chi connectivity index (χ2v) is 5.34. The van der Waals surface area contributed by atoms with E-state index in [-0.39, 0.29) is 0 Å².